The number of hydrogen-bond donors (Lipinski definition) is 0. The third-order valence-electron chi connectivity index (χ3n) is 4.95. The molecule has 3 aromatic rings. The normalized spacial score (nSPS) is 10.3. The van der Waals surface area contributed by atoms with Crippen LogP contribution in [0.25, 0.3) is 0 Å². The molecule has 7 heteroatoms. The summed E-state index contributed by atoms with van der Waals surface area (Å²) in [4.78, 5) is 26.8. The molecule has 1 amide bonds. The lowest BCUT2D eigenvalue weighted by Crippen LogP contribution is -2.35. The topological polar surface area (TPSA) is 74.3 Å². The summed E-state index contributed by atoms with van der Waals surface area (Å²) in [6, 6.07) is 22.0. The Morgan fingerprint density at radius 2 is 1.45 bits per heavy atom. The zero-order valence-corrected chi connectivity index (χ0v) is 18.9. The van der Waals surface area contributed by atoms with E-state index in [1.807, 2.05) is 30.3 Å². The van der Waals surface area contributed by atoms with Gasteiger partial charge in [0.25, 0.3) is 5.91 Å². The third kappa shape index (κ3) is 6.74. The Labute approximate surface area is 193 Å². The molecular weight excluding hydrogens is 422 g/mol. The molecule has 0 atom stereocenters. The molecular formula is C26H27NO6. The fourth-order valence-corrected chi connectivity index (χ4v) is 3.24. The van der Waals surface area contributed by atoms with E-state index in [0.29, 0.717) is 29.4 Å². The van der Waals surface area contributed by atoms with Crippen LogP contribution < -0.4 is 14.2 Å². The third-order valence-corrected chi connectivity index (χ3v) is 4.95. The van der Waals surface area contributed by atoms with E-state index in [9.17, 15) is 9.59 Å². The van der Waals surface area contributed by atoms with Gasteiger partial charge in [-0.2, -0.15) is 0 Å². The van der Waals surface area contributed by atoms with E-state index in [1.165, 1.54) is 12.0 Å². The highest BCUT2D eigenvalue weighted by atomic mass is 16.5. The summed E-state index contributed by atoms with van der Waals surface area (Å²) in [5.41, 5.74) is 2.17. The van der Waals surface area contributed by atoms with E-state index in [1.54, 1.807) is 56.7 Å². The first-order valence-corrected chi connectivity index (χ1v) is 10.4. The lowest BCUT2D eigenvalue weighted by molar-refractivity contribution is -0.141. The van der Waals surface area contributed by atoms with Crippen LogP contribution in [0.2, 0.25) is 0 Å². The Balaban J connectivity index is 1.81. The van der Waals surface area contributed by atoms with Gasteiger partial charge in [-0.25, -0.2) is 0 Å². The maximum atomic E-state index is 13.3. The van der Waals surface area contributed by atoms with Crippen molar-refractivity contribution in [2.24, 2.45) is 0 Å². The minimum atomic E-state index is -0.519. The van der Waals surface area contributed by atoms with Crippen LogP contribution in [-0.4, -0.2) is 44.7 Å². The van der Waals surface area contributed by atoms with Gasteiger partial charge in [0.05, 0.1) is 21.3 Å². The smallest absolute Gasteiger partial charge is 0.325 e. The molecule has 0 fully saturated rings. The van der Waals surface area contributed by atoms with Crippen molar-refractivity contribution < 1.29 is 28.5 Å². The van der Waals surface area contributed by atoms with Crippen LogP contribution in [-0.2, 0) is 22.7 Å². The van der Waals surface area contributed by atoms with E-state index in [2.05, 4.69) is 0 Å². The Morgan fingerprint density at radius 3 is 2.09 bits per heavy atom. The number of hydrogen-bond acceptors (Lipinski definition) is 6. The first-order chi connectivity index (χ1) is 16.0. The summed E-state index contributed by atoms with van der Waals surface area (Å²) in [5, 5.41) is 0. The molecule has 0 unspecified atom stereocenters. The number of nitrogens with zero attached hydrogens (tertiary/aromatic N) is 1. The largest absolute Gasteiger partial charge is 0.497 e. The zero-order valence-electron chi connectivity index (χ0n) is 18.9. The van der Waals surface area contributed by atoms with Crippen LogP contribution in [0.15, 0.2) is 72.8 Å². The minimum absolute atomic E-state index is 0.163. The van der Waals surface area contributed by atoms with Crippen molar-refractivity contribution in [3.8, 4) is 17.2 Å². The van der Waals surface area contributed by atoms with Crippen molar-refractivity contribution in [3.63, 3.8) is 0 Å². The van der Waals surface area contributed by atoms with Gasteiger partial charge in [-0.15, -0.1) is 0 Å². The number of methoxy groups -OCH3 is 3. The molecule has 0 bridgehead atoms. The number of ether oxygens (including phenoxy) is 4. The predicted molar refractivity (Wildman–Crippen MR) is 124 cm³/mol. The maximum absolute atomic E-state index is 13.3. The number of esters is 1. The second-order valence-electron chi connectivity index (χ2n) is 7.26. The highest BCUT2D eigenvalue weighted by Gasteiger charge is 2.21. The molecule has 7 nitrogen and oxygen atoms in total. The first kappa shape index (κ1) is 23.7. The highest BCUT2D eigenvalue weighted by molar-refractivity contribution is 5.96. The zero-order chi connectivity index (χ0) is 23.6. The second-order valence-corrected chi connectivity index (χ2v) is 7.26. The first-order valence-electron chi connectivity index (χ1n) is 10.4. The van der Waals surface area contributed by atoms with Gasteiger partial charge in [0.1, 0.15) is 30.4 Å². The molecule has 3 aromatic carbocycles. The Morgan fingerprint density at radius 1 is 0.758 bits per heavy atom. The Kier molecular flexibility index (Phi) is 8.30. The molecule has 0 aliphatic heterocycles. The summed E-state index contributed by atoms with van der Waals surface area (Å²) in [6.07, 6.45) is 0. The lowest BCUT2D eigenvalue weighted by Gasteiger charge is -2.22. The maximum Gasteiger partial charge on any atom is 0.325 e. The molecule has 0 aliphatic carbocycles. The van der Waals surface area contributed by atoms with Gasteiger partial charge in [0.2, 0.25) is 0 Å². The standard InChI is InChI=1S/C26H27NO6/c1-30-23-12-20(13-24(15-23)31-2)16-27(17-25(28)32-3)26(29)21-10-7-11-22(14-21)33-18-19-8-5-4-6-9-19/h4-15H,16-18H2,1-3H3. The number of amides is 1. The van der Waals surface area contributed by atoms with Gasteiger partial charge in [-0.1, -0.05) is 36.4 Å². The van der Waals surface area contributed by atoms with Crippen molar-refractivity contribution in [1.29, 1.82) is 0 Å². The minimum Gasteiger partial charge on any atom is -0.497 e. The SMILES string of the molecule is COC(=O)CN(Cc1cc(OC)cc(OC)c1)C(=O)c1cccc(OCc2ccccc2)c1. The van der Waals surface area contributed by atoms with Crippen molar-refractivity contribution in [2.45, 2.75) is 13.2 Å². The molecule has 0 aromatic heterocycles. The lowest BCUT2D eigenvalue weighted by atomic mass is 10.1. The molecule has 0 saturated heterocycles. The van der Waals surface area contributed by atoms with Gasteiger partial charge in [0, 0.05) is 18.2 Å². The van der Waals surface area contributed by atoms with Gasteiger partial charge in [0.15, 0.2) is 0 Å². The van der Waals surface area contributed by atoms with Gasteiger partial charge in [-0.3, -0.25) is 9.59 Å². The summed E-state index contributed by atoms with van der Waals surface area (Å²) >= 11 is 0. The quantitative estimate of drug-likeness (QED) is 0.434. The number of benzene rings is 3. The molecule has 0 heterocycles. The second kappa shape index (κ2) is 11.6. The van der Waals surface area contributed by atoms with E-state index < -0.39 is 5.97 Å². The molecule has 0 N–H and O–H groups in total. The van der Waals surface area contributed by atoms with E-state index >= 15 is 0 Å². The van der Waals surface area contributed by atoms with Gasteiger partial charge in [-0.05, 0) is 41.5 Å². The Bertz CT molecular complexity index is 1060. The van der Waals surface area contributed by atoms with Crippen LogP contribution >= 0.6 is 0 Å². The van der Waals surface area contributed by atoms with Gasteiger partial charge >= 0.3 is 5.97 Å². The average molecular weight is 450 g/mol. The molecule has 172 valence electrons. The summed E-state index contributed by atoms with van der Waals surface area (Å²) < 4.78 is 21.3. The Hall–Kier alpha value is -4.00. The number of rotatable bonds is 10. The van der Waals surface area contributed by atoms with Crippen LogP contribution in [0.1, 0.15) is 21.5 Å². The monoisotopic (exact) mass is 449 g/mol. The molecule has 3 rings (SSSR count). The fourth-order valence-electron chi connectivity index (χ4n) is 3.24. The summed E-state index contributed by atoms with van der Waals surface area (Å²) in [5.74, 6) is 0.894. The fraction of sp³-hybridized carbons (Fsp3) is 0.231. The van der Waals surface area contributed by atoms with Crippen LogP contribution in [0, 0.1) is 0 Å². The van der Waals surface area contributed by atoms with Crippen LogP contribution in [0.3, 0.4) is 0 Å². The molecule has 0 spiro atoms. The number of carbonyl (C=O) groups is 2. The van der Waals surface area contributed by atoms with Crippen LogP contribution in [0.4, 0.5) is 0 Å². The van der Waals surface area contributed by atoms with Gasteiger partial charge < -0.3 is 23.8 Å². The molecule has 0 saturated carbocycles. The van der Waals surface area contributed by atoms with E-state index in [0.717, 1.165) is 11.1 Å². The average Bonchev–Trinajstić information content (AvgIpc) is 2.87. The molecule has 0 radical (unpaired) electrons. The van der Waals surface area contributed by atoms with E-state index in [4.69, 9.17) is 18.9 Å². The molecule has 33 heavy (non-hydrogen) atoms. The number of carbonyl (C=O) groups excluding carboxylic acids is 2. The molecule has 0 aliphatic rings. The van der Waals surface area contributed by atoms with Crippen LogP contribution in [0.5, 0.6) is 17.2 Å². The van der Waals surface area contributed by atoms with Crippen molar-refractivity contribution >= 4 is 11.9 Å². The summed E-state index contributed by atoms with van der Waals surface area (Å²) in [6.45, 7) is 0.342. The van der Waals surface area contributed by atoms with E-state index in [-0.39, 0.29) is 19.0 Å². The van der Waals surface area contributed by atoms with Crippen molar-refractivity contribution in [3.05, 3.63) is 89.5 Å². The summed E-state index contributed by atoms with van der Waals surface area (Å²) in [7, 11) is 4.39. The van der Waals surface area contributed by atoms with Crippen molar-refractivity contribution in [1.82, 2.24) is 4.90 Å². The van der Waals surface area contributed by atoms with Crippen molar-refractivity contribution in [2.75, 3.05) is 27.9 Å². The highest BCUT2D eigenvalue weighted by Crippen LogP contribution is 2.24. The predicted octanol–water partition coefficient (Wildman–Crippen LogP) is 4.10.